The van der Waals surface area contributed by atoms with Crippen LogP contribution in [0.25, 0.3) is 0 Å². The van der Waals surface area contributed by atoms with Crippen molar-refractivity contribution >= 4 is 23.1 Å². The van der Waals surface area contributed by atoms with Gasteiger partial charge in [-0.05, 0) is 42.3 Å². The highest BCUT2D eigenvalue weighted by Gasteiger charge is 2.49. The van der Waals surface area contributed by atoms with Gasteiger partial charge in [-0.2, -0.15) is 0 Å². The summed E-state index contributed by atoms with van der Waals surface area (Å²) in [6, 6.07) is 2.58. The molecule has 0 aliphatic heterocycles. The van der Waals surface area contributed by atoms with Gasteiger partial charge in [0.2, 0.25) is 0 Å². The van der Waals surface area contributed by atoms with E-state index in [1.54, 1.807) is 21.3 Å². The van der Waals surface area contributed by atoms with Gasteiger partial charge >= 0.3 is 8.80 Å². The van der Waals surface area contributed by atoms with Crippen LogP contribution in [0, 0.1) is 17.8 Å². The zero-order chi connectivity index (χ0) is 20.7. The predicted molar refractivity (Wildman–Crippen MR) is 114 cm³/mol. The summed E-state index contributed by atoms with van der Waals surface area (Å²) in [5, 5.41) is 0. The Kier molecular flexibility index (Phi) is 10.2. The van der Waals surface area contributed by atoms with Crippen LogP contribution in [0.4, 0.5) is 0 Å². The average Bonchev–Trinajstić information content (AvgIpc) is 3.13. The fraction of sp³-hybridized carbons (Fsp3) is 0.950. The van der Waals surface area contributed by atoms with Crippen LogP contribution in [0.3, 0.4) is 0 Å². The molecule has 0 aromatic heterocycles. The number of carbonyl (C=O) groups excluding carboxylic acids is 1. The maximum absolute atomic E-state index is 13.2. The van der Waals surface area contributed by atoms with E-state index in [2.05, 4.69) is 27.7 Å². The van der Waals surface area contributed by atoms with Gasteiger partial charge in [-0.3, -0.25) is 4.79 Å². The molecule has 7 heteroatoms. The minimum Gasteiger partial charge on any atom is -0.519 e. The molecule has 5 nitrogen and oxygen atoms in total. The summed E-state index contributed by atoms with van der Waals surface area (Å²) in [5.41, 5.74) is 0.604. The van der Waals surface area contributed by atoms with Crippen molar-refractivity contribution in [1.82, 2.24) is 0 Å². The van der Waals surface area contributed by atoms with Gasteiger partial charge in [0.05, 0.1) is 5.92 Å². The first-order chi connectivity index (χ1) is 12.6. The summed E-state index contributed by atoms with van der Waals surface area (Å²) in [7, 11) is -0.208. The fourth-order valence-corrected chi connectivity index (χ4v) is 12.6. The molecule has 0 aromatic rings. The van der Waals surface area contributed by atoms with Gasteiger partial charge in [0.15, 0.2) is 0 Å². The SMILES string of the molecule is CO[Si](CC(C)C(=O)O[Si](CC(C)C)(CC(C)C)C1CCCC1)(OC)OC. The molecule has 1 aliphatic carbocycles. The molecule has 0 bridgehead atoms. The number of hydrogen-bond acceptors (Lipinski definition) is 5. The molecule has 0 saturated heterocycles. The topological polar surface area (TPSA) is 54.0 Å². The van der Waals surface area contributed by atoms with Crippen molar-refractivity contribution in [3.05, 3.63) is 0 Å². The molecule has 0 aromatic carbocycles. The second-order valence-corrected chi connectivity index (χ2v) is 16.0. The summed E-state index contributed by atoms with van der Waals surface area (Å²) in [6.07, 6.45) is 4.99. The van der Waals surface area contributed by atoms with Crippen molar-refractivity contribution in [2.45, 2.75) is 84.0 Å². The van der Waals surface area contributed by atoms with Crippen molar-refractivity contribution in [2.75, 3.05) is 21.3 Å². The monoisotopic (exact) mass is 418 g/mol. The lowest BCUT2D eigenvalue weighted by Gasteiger charge is -2.40. The Hall–Kier alpha value is -0.216. The van der Waals surface area contributed by atoms with Gasteiger partial charge < -0.3 is 17.7 Å². The Balaban J connectivity index is 3.02. The normalized spacial score (nSPS) is 17.7. The van der Waals surface area contributed by atoms with Gasteiger partial charge in [-0.25, -0.2) is 0 Å². The minimum atomic E-state index is -2.80. The van der Waals surface area contributed by atoms with E-state index in [-0.39, 0.29) is 11.9 Å². The molecule has 1 atom stereocenters. The molecule has 0 amide bonds. The molecular formula is C20H42O5Si2. The highest BCUT2D eigenvalue weighted by atomic mass is 28.4. The third-order valence-electron chi connectivity index (χ3n) is 5.80. The molecule has 160 valence electrons. The largest absolute Gasteiger partial charge is 0.519 e. The molecule has 1 unspecified atom stereocenters. The van der Waals surface area contributed by atoms with Gasteiger partial charge in [0.1, 0.15) is 0 Å². The third-order valence-corrected chi connectivity index (χ3v) is 14.5. The standard InChI is InChI=1S/C20H42O5Si2/c1-16(2)13-26(14-17(3)4,19-11-9-10-12-19)25-20(21)18(5)15-27(22-6,23-7)24-8/h16-19H,9-15H2,1-8H3. The molecule has 0 heterocycles. The smallest absolute Gasteiger partial charge is 0.501 e. The lowest BCUT2D eigenvalue weighted by atomic mass is 10.2. The first-order valence-corrected chi connectivity index (χ1v) is 14.8. The number of carbonyl (C=O) groups is 1. The minimum absolute atomic E-state index is 0.0853. The van der Waals surface area contributed by atoms with E-state index in [0.29, 0.717) is 23.4 Å². The Morgan fingerprint density at radius 2 is 1.30 bits per heavy atom. The summed E-state index contributed by atoms with van der Waals surface area (Å²) in [4.78, 5) is 13.2. The first-order valence-electron chi connectivity index (χ1n) is 10.5. The van der Waals surface area contributed by atoms with Crippen LogP contribution >= 0.6 is 0 Å². The van der Waals surface area contributed by atoms with Crippen molar-refractivity contribution < 1.29 is 22.5 Å². The van der Waals surface area contributed by atoms with Crippen molar-refractivity contribution in [3.8, 4) is 0 Å². The van der Waals surface area contributed by atoms with Gasteiger partial charge in [0.25, 0.3) is 14.3 Å². The van der Waals surface area contributed by atoms with Gasteiger partial charge in [0, 0.05) is 27.4 Å². The van der Waals surface area contributed by atoms with Crippen LogP contribution in [-0.4, -0.2) is 44.4 Å². The highest BCUT2D eigenvalue weighted by Crippen LogP contribution is 2.46. The molecule has 0 radical (unpaired) electrons. The number of rotatable bonds is 12. The van der Waals surface area contributed by atoms with Crippen LogP contribution in [0.5, 0.6) is 0 Å². The van der Waals surface area contributed by atoms with E-state index in [1.807, 2.05) is 6.92 Å². The van der Waals surface area contributed by atoms with E-state index in [0.717, 1.165) is 12.1 Å². The zero-order valence-electron chi connectivity index (χ0n) is 18.8. The van der Waals surface area contributed by atoms with Gasteiger partial charge in [-0.15, -0.1) is 0 Å². The van der Waals surface area contributed by atoms with Gasteiger partial charge in [-0.1, -0.05) is 47.5 Å². The second kappa shape index (κ2) is 11.1. The van der Waals surface area contributed by atoms with Crippen LogP contribution < -0.4 is 0 Å². The summed E-state index contributed by atoms with van der Waals surface area (Å²) in [6.45, 7) is 10.9. The lowest BCUT2D eigenvalue weighted by molar-refractivity contribution is -0.139. The van der Waals surface area contributed by atoms with Crippen molar-refractivity contribution in [2.24, 2.45) is 17.8 Å². The van der Waals surface area contributed by atoms with Crippen molar-refractivity contribution in [3.63, 3.8) is 0 Å². The van der Waals surface area contributed by atoms with Crippen LogP contribution in [0.1, 0.15) is 60.3 Å². The molecule has 1 saturated carbocycles. The van der Waals surface area contributed by atoms with Crippen LogP contribution in [0.15, 0.2) is 0 Å². The Bertz CT molecular complexity index is 427. The summed E-state index contributed by atoms with van der Waals surface area (Å²) in [5.74, 6) is 0.719. The van der Waals surface area contributed by atoms with E-state index in [1.165, 1.54) is 25.7 Å². The molecule has 0 N–H and O–H groups in total. The fourth-order valence-electron chi connectivity index (χ4n) is 4.68. The van der Waals surface area contributed by atoms with Crippen LogP contribution in [0.2, 0.25) is 23.7 Å². The maximum atomic E-state index is 13.2. The van der Waals surface area contributed by atoms with E-state index >= 15 is 0 Å². The zero-order valence-corrected chi connectivity index (χ0v) is 20.8. The summed E-state index contributed by atoms with van der Waals surface area (Å²) >= 11 is 0. The quantitative estimate of drug-likeness (QED) is 0.405. The number of hydrogen-bond donors (Lipinski definition) is 0. The van der Waals surface area contributed by atoms with E-state index < -0.39 is 17.1 Å². The van der Waals surface area contributed by atoms with E-state index in [4.69, 9.17) is 17.7 Å². The molecule has 1 rings (SSSR count). The predicted octanol–water partition coefficient (Wildman–Crippen LogP) is 5.25. The Morgan fingerprint density at radius 1 is 0.852 bits per heavy atom. The Morgan fingerprint density at radius 3 is 1.67 bits per heavy atom. The average molecular weight is 419 g/mol. The first kappa shape index (κ1) is 24.8. The summed E-state index contributed by atoms with van der Waals surface area (Å²) < 4.78 is 23.1. The lowest BCUT2D eigenvalue weighted by Crippen LogP contribution is -2.49. The molecule has 27 heavy (non-hydrogen) atoms. The van der Waals surface area contributed by atoms with Crippen molar-refractivity contribution in [1.29, 1.82) is 0 Å². The Labute approximate surface area is 169 Å². The second-order valence-electron chi connectivity index (χ2n) is 9.06. The third kappa shape index (κ3) is 6.96. The van der Waals surface area contributed by atoms with E-state index in [9.17, 15) is 4.79 Å². The molecule has 1 aliphatic rings. The molecule has 0 spiro atoms. The van der Waals surface area contributed by atoms with Crippen LogP contribution in [-0.2, 0) is 22.5 Å². The highest BCUT2D eigenvalue weighted by molar-refractivity contribution is 6.76. The molecular weight excluding hydrogens is 376 g/mol. The molecule has 1 fully saturated rings. The maximum Gasteiger partial charge on any atom is 0.501 e.